The Bertz CT molecular complexity index is 975. The van der Waals surface area contributed by atoms with Gasteiger partial charge in [-0.2, -0.15) is 9.78 Å². The largest absolute Gasteiger partial charge is 0.442 e. The van der Waals surface area contributed by atoms with Crippen LogP contribution in [0.4, 0.5) is 10.6 Å². The van der Waals surface area contributed by atoms with E-state index in [1.54, 1.807) is 40.0 Å². The van der Waals surface area contributed by atoms with Crippen molar-refractivity contribution >= 4 is 37.2 Å². The molecular weight excluding hydrogens is 426 g/mol. The van der Waals surface area contributed by atoms with Crippen LogP contribution >= 0.6 is 0 Å². The van der Waals surface area contributed by atoms with Crippen LogP contribution in [0, 0.1) is 0 Å². The molecule has 2 rings (SSSR count). The fourth-order valence-electron chi connectivity index (χ4n) is 2.93. The van der Waals surface area contributed by atoms with Crippen LogP contribution < -0.4 is 10.6 Å². The van der Waals surface area contributed by atoms with Gasteiger partial charge in [0.1, 0.15) is 23.0 Å². The SMILES string of the molecule is CN[C@@H](C(=O)Nc1ccc2c(cnn2C(=O)OC(C)(C)C)n1)[C@H](C)O[Si](C)(C)C(C)(C)C. The number of amides is 1. The average Bonchev–Trinajstić information content (AvgIpc) is 3.02. The van der Waals surface area contributed by atoms with E-state index in [1.165, 1.54) is 6.20 Å². The fraction of sp³-hybridized carbons (Fsp3) is 0.636. The van der Waals surface area contributed by atoms with E-state index in [0.29, 0.717) is 16.9 Å². The number of nitrogens with one attached hydrogen (secondary N) is 2. The van der Waals surface area contributed by atoms with Crippen LogP contribution in [-0.4, -0.2) is 59.9 Å². The van der Waals surface area contributed by atoms with Gasteiger partial charge in [-0.1, -0.05) is 20.8 Å². The first-order chi connectivity index (χ1) is 14.6. The lowest BCUT2D eigenvalue weighted by Crippen LogP contribution is -2.53. The standard InChI is InChI=1S/C22H37N5O4Si/c1-14(31-32(9,10)22(5,6)7)18(23-8)19(28)26-17-12-11-16-15(25-17)13-24-27(16)20(29)30-21(2,3)4/h11-14,18,23H,1-10H3,(H,25,26,28)/t14-,18+/m0/s1. The van der Waals surface area contributed by atoms with Gasteiger partial charge in [0, 0.05) is 0 Å². The molecule has 2 aromatic heterocycles. The number of fused-ring (bicyclic) bond motifs is 1. The smallest absolute Gasteiger partial charge is 0.435 e. The molecule has 2 aromatic rings. The third kappa shape index (κ3) is 6.14. The maximum Gasteiger partial charge on any atom is 0.435 e. The molecule has 32 heavy (non-hydrogen) atoms. The van der Waals surface area contributed by atoms with Crippen molar-refractivity contribution in [2.24, 2.45) is 0 Å². The lowest BCUT2D eigenvalue weighted by atomic mass is 10.1. The van der Waals surface area contributed by atoms with E-state index in [0.717, 1.165) is 4.68 Å². The molecule has 0 unspecified atom stereocenters. The second-order valence-corrected chi connectivity index (χ2v) is 15.2. The first-order valence-electron chi connectivity index (χ1n) is 10.8. The number of rotatable bonds is 6. The molecule has 2 N–H and O–H groups in total. The second kappa shape index (κ2) is 9.28. The molecule has 2 heterocycles. The van der Waals surface area contributed by atoms with E-state index in [2.05, 4.69) is 54.6 Å². The third-order valence-corrected chi connectivity index (χ3v) is 10.2. The molecule has 0 aromatic carbocycles. The summed E-state index contributed by atoms with van der Waals surface area (Å²) in [6.45, 7) is 18.1. The van der Waals surface area contributed by atoms with E-state index >= 15 is 0 Å². The van der Waals surface area contributed by atoms with Gasteiger partial charge in [0.15, 0.2) is 8.32 Å². The Morgan fingerprint density at radius 1 is 1.12 bits per heavy atom. The summed E-state index contributed by atoms with van der Waals surface area (Å²) >= 11 is 0. The molecular formula is C22H37N5O4Si. The Hall–Kier alpha value is -2.30. The quantitative estimate of drug-likeness (QED) is 0.620. The molecule has 0 aliphatic heterocycles. The summed E-state index contributed by atoms with van der Waals surface area (Å²) in [5, 5.41) is 10.0. The zero-order chi connectivity index (χ0) is 24.5. The minimum absolute atomic E-state index is 0.0386. The van der Waals surface area contributed by atoms with Crippen molar-refractivity contribution in [3.63, 3.8) is 0 Å². The van der Waals surface area contributed by atoms with Crippen LogP contribution in [-0.2, 0) is 14.0 Å². The van der Waals surface area contributed by atoms with Gasteiger partial charge in [0.25, 0.3) is 0 Å². The summed E-state index contributed by atoms with van der Waals surface area (Å²) in [5.41, 5.74) is 0.333. The van der Waals surface area contributed by atoms with Gasteiger partial charge in [0.2, 0.25) is 5.91 Å². The molecule has 1 amide bonds. The van der Waals surface area contributed by atoms with Crippen LogP contribution in [0.3, 0.4) is 0 Å². The Labute approximate surface area is 191 Å². The Morgan fingerprint density at radius 3 is 2.28 bits per heavy atom. The Kier molecular flexibility index (Phi) is 7.53. The van der Waals surface area contributed by atoms with Gasteiger partial charge < -0.3 is 19.8 Å². The van der Waals surface area contributed by atoms with E-state index < -0.39 is 26.1 Å². The summed E-state index contributed by atoms with van der Waals surface area (Å²) < 4.78 is 12.9. The van der Waals surface area contributed by atoms with E-state index in [4.69, 9.17) is 9.16 Å². The number of hydrogen-bond acceptors (Lipinski definition) is 7. The topological polar surface area (TPSA) is 107 Å². The Balaban J connectivity index is 2.16. The second-order valence-electron chi connectivity index (χ2n) is 10.5. The molecule has 10 heteroatoms. The maximum absolute atomic E-state index is 13.0. The van der Waals surface area contributed by atoms with Gasteiger partial charge in [-0.05, 0) is 65.0 Å². The minimum Gasteiger partial charge on any atom is -0.442 e. The number of carbonyl (C=O) groups is 2. The highest BCUT2D eigenvalue weighted by atomic mass is 28.4. The van der Waals surface area contributed by atoms with Crippen molar-refractivity contribution in [3.05, 3.63) is 18.3 Å². The van der Waals surface area contributed by atoms with Gasteiger partial charge in [-0.15, -0.1) is 0 Å². The number of hydrogen-bond donors (Lipinski definition) is 2. The first-order valence-corrected chi connectivity index (χ1v) is 13.7. The first kappa shape index (κ1) is 26.0. The van der Waals surface area contributed by atoms with Crippen molar-refractivity contribution in [1.82, 2.24) is 20.1 Å². The van der Waals surface area contributed by atoms with E-state index in [1.807, 2.05) is 6.92 Å². The van der Waals surface area contributed by atoms with Crippen LogP contribution in [0.25, 0.3) is 11.0 Å². The molecule has 0 aliphatic carbocycles. The molecule has 0 spiro atoms. The lowest BCUT2D eigenvalue weighted by molar-refractivity contribution is -0.120. The number of nitrogens with zero attached hydrogens (tertiary/aromatic N) is 3. The number of ether oxygens (including phenoxy) is 1. The number of anilines is 1. The number of carbonyl (C=O) groups excluding carboxylic acids is 2. The molecule has 0 saturated carbocycles. The lowest BCUT2D eigenvalue weighted by Gasteiger charge is -2.40. The van der Waals surface area contributed by atoms with Crippen LogP contribution in [0.2, 0.25) is 18.1 Å². The summed E-state index contributed by atoms with van der Waals surface area (Å²) in [7, 11) is -0.304. The highest BCUT2D eigenvalue weighted by molar-refractivity contribution is 6.74. The molecule has 0 fully saturated rings. The van der Waals surface area contributed by atoms with Crippen LogP contribution in [0.1, 0.15) is 48.5 Å². The number of aromatic nitrogens is 3. The van der Waals surface area contributed by atoms with Gasteiger partial charge in [0.05, 0.1) is 17.8 Å². The van der Waals surface area contributed by atoms with Crippen molar-refractivity contribution in [3.8, 4) is 0 Å². The monoisotopic (exact) mass is 463 g/mol. The molecule has 0 aliphatic rings. The molecule has 0 bridgehead atoms. The summed E-state index contributed by atoms with van der Waals surface area (Å²) in [5.74, 6) is 0.121. The number of pyridine rings is 1. The van der Waals surface area contributed by atoms with Crippen molar-refractivity contribution in [2.75, 3.05) is 12.4 Å². The zero-order valence-corrected chi connectivity index (χ0v) is 21.9. The normalized spacial score (nSPS) is 14.8. The molecule has 9 nitrogen and oxygen atoms in total. The minimum atomic E-state index is -2.04. The van der Waals surface area contributed by atoms with Crippen molar-refractivity contribution < 1.29 is 18.8 Å². The van der Waals surface area contributed by atoms with E-state index in [9.17, 15) is 9.59 Å². The van der Waals surface area contributed by atoms with Gasteiger partial charge in [-0.25, -0.2) is 9.78 Å². The average molecular weight is 464 g/mol. The van der Waals surface area contributed by atoms with E-state index in [-0.39, 0.29) is 17.0 Å². The van der Waals surface area contributed by atoms with Crippen molar-refractivity contribution in [2.45, 2.75) is 84.3 Å². The molecule has 0 radical (unpaired) electrons. The molecule has 2 atom stereocenters. The predicted octanol–water partition coefficient (Wildman–Crippen LogP) is 4.15. The number of likely N-dealkylation sites (N-methyl/N-ethyl adjacent to an activating group) is 1. The van der Waals surface area contributed by atoms with Crippen molar-refractivity contribution in [1.29, 1.82) is 0 Å². The highest BCUT2D eigenvalue weighted by Gasteiger charge is 2.40. The fourth-order valence-corrected chi connectivity index (χ4v) is 4.35. The molecule has 178 valence electrons. The summed E-state index contributed by atoms with van der Waals surface area (Å²) in [6, 6.07) is 2.76. The zero-order valence-electron chi connectivity index (χ0n) is 20.9. The Morgan fingerprint density at radius 2 is 1.75 bits per heavy atom. The van der Waals surface area contributed by atoms with Crippen LogP contribution in [0.15, 0.2) is 18.3 Å². The van der Waals surface area contributed by atoms with Gasteiger partial charge >= 0.3 is 6.09 Å². The molecule has 0 saturated heterocycles. The third-order valence-electron chi connectivity index (χ3n) is 5.59. The summed E-state index contributed by atoms with van der Waals surface area (Å²) in [6.07, 6.45) is 0.561. The highest BCUT2D eigenvalue weighted by Crippen LogP contribution is 2.37. The summed E-state index contributed by atoms with van der Waals surface area (Å²) in [4.78, 5) is 29.7. The van der Waals surface area contributed by atoms with Gasteiger partial charge in [-0.3, -0.25) is 4.79 Å². The predicted molar refractivity (Wildman–Crippen MR) is 128 cm³/mol. The maximum atomic E-state index is 13.0. The van der Waals surface area contributed by atoms with Crippen LogP contribution in [0.5, 0.6) is 0 Å².